The van der Waals surface area contributed by atoms with E-state index in [9.17, 15) is 0 Å². The third kappa shape index (κ3) is 2.76. The van der Waals surface area contributed by atoms with Crippen LogP contribution in [0.25, 0.3) is 0 Å². The molecule has 2 saturated heterocycles. The molecule has 94 valence electrons. The number of likely N-dealkylation sites (tertiary alicyclic amines) is 1. The van der Waals surface area contributed by atoms with E-state index in [1.165, 1.54) is 19.5 Å². The summed E-state index contributed by atoms with van der Waals surface area (Å²) in [5.41, 5.74) is 0. The molecule has 0 saturated carbocycles. The van der Waals surface area contributed by atoms with Gasteiger partial charge in [0.2, 0.25) is 0 Å². The van der Waals surface area contributed by atoms with E-state index in [-0.39, 0.29) is 0 Å². The standard InChI is InChI=1S/C13H26N2O/c1-10-6-11(2)8-15(7-10)13-9-16-5-4-12(13)14-3/h10-14H,4-9H2,1-3H3. The van der Waals surface area contributed by atoms with Crippen LogP contribution in [-0.2, 0) is 4.74 Å². The molecule has 3 nitrogen and oxygen atoms in total. The molecular weight excluding hydrogens is 200 g/mol. The van der Waals surface area contributed by atoms with Crippen LogP contribution in [-0.4, -0.2) is 50.3 Å². The average molecular weight is 226 g/mol. The van der Waals surface area contributed by atoms with E-state index in [1.54, 1.807) is 0 Å². The van der Waals surface area contributed by atoms with E-state index in [0.29, 0.717) is 12.1 Å². The number of rotatable bonds is 2. The number of ether oxygens (including phenoxy) is 1. The summed E-state index contributed by atoms with van der Waals surface area (Å²) in [7, 11) is 2.08. The third-order valence-electron chi connectivity index (χ3n) is 4.06. The highest BCUT2D eigenvalue weighted by Crippen LogP contribution is 2.25. The summed E-state index contributed by atoms with van der Waals surface area (Å²) in [4.78, 5) is 2.65. The first-order chi connectivity index (χ1) is 7.70. The fourth-order valence-corrected chi connectivity index (χ4v) is 3.40. The molecule has 2 heterocycles. The highest BCUT2D eigenvalue weighted by molar-refractivity contribution is 4.89. The molecule has 0 aromatic heterocycles. The van der Waals surface area contributed by atoms with Crippen LogP contribution in [0, 0.1) is 11.8 Å². The molecule has 0 aliphatic carbocycles. The first kappa shape index (κ1) is 12.3. The van der Waals surface area contributed by atoms with E-state index >= 15 is 0 Å². The van der Waals surface area contributed by atoms with Crippen LogP contribution in [0.2, 0.25) is 0 Å². The zero-order valence-corrected chi connectivity index (χ0v) is 10.9. The number of hydrogen-bond acceptors (Lipinski definition) is 3. The second-order valence-electron chi connectivity index (χ2n) is 5.73. The van der Waals surface area contributed by atoms with Gasteiger partial charge in [-0.15, -0.1) is 0 Å². The molecule has 3 heteroatoms. The van der Waals surface area contributed by atoms with Crippen molar-refractivity contribution in [3.8, 4) is 0 Å². The molecule has 2 aliphatic rings. The van der Waals surface area contributed by atoms with E-state index < -0.39 is 0 Å². The number of likely N-dealkylation sites (N-methyl/N-ethyl adjacent to an activating group) is 1. The van der Waals surface area contributed by atoms with Gasteiger partial charge in [-0.1, -0.05) is 13.8 Å². The maximum atomic E-state index is 5.66. The largest absolute Gasteiger partial charge is 0.380 e. The summed E-state index contributed by atoms with van der Waals surface area (Å²) in [6.07, 6.45) is 2.54. The number of nitrogens with one attached hydrogen (secondary N) is 1. The van der Waals surface area contributed by atoms with Crippen molar-refractivity contribution in [2.45, 2.75) is 38.8 Å². The van der Waals surface area contributed by atoms with Gasteiger partial charge in [-0.2, -0.15) is 0 Å². The lowest BCUT2D eigenvalue weighted by atomic mass is 9.89. The molecule has 2 rings (SSSR count). The van der Waals surface area contributed by atoms with Crippen molar-refractivity contribution in [3.63, 3.8) is 0 Å². The van der Waals surface area contributed by atoms with Crippen LogP contribution in [0.1, 0.15) is 26.7 Å². The number of hydrogen-bond donors (Lipinski definition) is 1. The minimum Gasteiger partial charge on any atom is -0.380 e. The predicted octanol–water partition coefficient (Wildman–Crippen LogP) is 1.34. The Labute approximate surface area is 99.5 Å². The lowest BCUT2D eigenvalue weighted by molar-refractivity contribution is -0.0233. The fraction of sp³-hybridized carbons (Fsp3) is 1.00. The second kappa shape index (κ2) is 5.48. The maximum absolute atomic E-state index is 5.66. The molecule has 0 spiro atoms. The molecular formula is C13H26N2O. The van der Waals surface area contributed by atoms with Crippen LogP contribution in [0.15, 0.2) is 0 Å². The van der Waals surface area contributed by atoms with Gasteiger partial charge in [0.05, 0.1) is 6.61 Å². The quantitative estimate of drug-likeness (QED) is 0.769. The van der Waals surface area contributed by atoms with Crippen molar-refractivity contribution in [2.75, 3.05) is 33.4 Å². The molecule has 0 aromatic rings. The van der Waals surface area contributed by atoms with Gasteiger partial charge in [-0.3, -0.25) is 4.90 Å². The number of nitrogens with zero attached hydrogens (tertiary/aromatic N) is 1. The van der Waals surface area contributed by atoms with Crippen LogP contribution in [0.5, 0.6) is 0 Å². The summed E-state index contributed by atoms with van der Waals surface area (Å²) in [5, 5.41) is 3.46. The van der Waals surface area contributed by atoms with E-state index in [4.69, 9.17) is 4.74 Å². The van der Waals surface area contributed by atoms with Crippen molar-refractivity contribution in [1.29, 1.82) is 0 Å². The first-order valence-electron chi connectivity index (χ1n) is 6.69. The maximum Gasteiger partial charge on any atom is 0.0637 e. The minimum absolute atomic E-state index is 0.587. The van der Waals surface area contributed by atoms with Gasteiger partial charge in [-0.25, -0.2) is 0 Å². The molecule has 4 unspecified atom stereocenters. The Hall–Kier alpha value is -0.120. The summed E-state index contributed by atoms with van der Waals surface area (Å²) < 4.78 is 5.66. The smallest absolute Gasteiger partial charge is 0.0637 e. The topological polar surface area (TPSA) is 24.5 Å². The summed E-state index contributed by atoms with van der Waals surface area (Å²) >= 11 is 0. The van der Waals surface area contributed by atoms with Crippen LogP contribution in [0.3, 0.4) is 0 Å². The van der Waals surface area contributed by atoms with Crippen molar-refractivity contribution < 1.29 is 4.74 Å². The van der Waals surface area contributed by atoms with Crippen molar-refractivity contribution in [3.05, 3.63) is 0 Å². The molecule has 4 atom stereocenters. The summed E-state index contributed by atoms with van der Waals surface area (Å²) in [5.74, 6) is 1.67. The Morgan fingerprint density at radius 1 is 1.19 bits per heavy atom. The van der Waals surface area contributed by atoms with Gasteiger partial charge in [0, 0.05) is 31.8 Å². The number of piperidine rings is 1. The Balaban J connectivity index is 1.98. The van der Waals surface area contributed by atoms with Crippen molar-refractivity contribution >= 4 is 0 Å². The molecule has 0 radical (unpaired) electrons. The lowest BCUT2D eigenvalue weighted by Gasteiger charge is -2.44. The normalized spacial score (nSPS) is 42.2. The van der Waals surface area contributed by atoms with Gasteiger partial charge in [0.1, 0.15) is 0 Å². The fourth-order valence-electron chi connectivity index (χ4n) is 3.40. The van der Waals surface area contributed by atoms with Gasteiger partial charge in [-0.05, 0) is 31.7 Å². The molecule has 2 fully saturated rings. The molecule has 0 aromatic carbocycles. The van der Waals surface area contributed by atoms with Crippen LogP contribution < -0.4 is 5.32 Å². The zero-order chi connectivity index (χ0) is 11.5. The highest BCUT2D eigenvalue weighted by atomic mass is 16.5. The van der Waals surface area contributed by atoms with E-state index in [1.807, 2.05) is 0 Å². The SMILES string of the molecule is CNC1CCOCC1N1CC(C)CC(C)C1. The third-order valence-corrected chi connectivity index (χ3v) is 4.06. The van der Waals surface area contributed by atoms with Crippen LogP contribution in [0.4, 0.5) is 0 Å². The Bertz CT molecular complexity index is 212. The zero-order valence-electron chi connectivity index (χ0n) is 10.9. The predicted molar refractivity (Wildman–Crippen MR) is 66.6 cm³/mol. The second-order valence-corrected chi connectivity index (χ2v) is 5.73. The molecule has 1 N–H and O–H groups in total. The Kier molecular flexibility index (Phi) is 4.22. The van der Waals surface area contributed by atoms with Gasteiger partial charge < -0.3 is 10.1 Å². The molecule has 2 aliphatic heterocycles. The Morgan fingerprint density at radius 3 is 2.50 bits per heavy atom. The molecule has 0 amide bonds. The van der Waals surface area contributed by atoms with Crippen molar-refractivity contribution in [2.24, 2.45) is 11.8 Å². The monoisotopic (exact) mass is 226 g/mol. The average Bonchev–Trinajstić information content (AvgIpc) is 2.27. The van der Waals surface area contributed by atoms with Gasteiger partial charge in [0.25, 0.3) is 0 Å². The molecule has 16 heavy (non-hydrogen) atoms. The minimum atomic E-state index is 0.587. The van der Waals surface area contributed by atoms with Gasteiger partial charge >= 0.3 is 0 Å². The van der Waals surface area contributed by atoms with Crippen molar-refractivity contribution in [1.82, 2.24) is 10.2 Å². The highest BCUT2D eigenvalue weighted by Gasteiger charge is 2.33. The lowest BCUT2D eigenvalue weighted by Crippen LogP contribution is -2.57. The van der Waals surface area contributed by atoms with Gasteiger partial charge in [0.15, 0.2) is 0 Å². The van der Waals surface area contributed by atoms with E-state index in [2.05, 4.69) is 31.1 Å². The summed E-state index contributed by atoms with van der Waals surface area (Å²) in [6.45, 7) is 9.07. The first-order valence-corrected chi connectivity index (χ1v) is 6.69. The Morgan fingerprint density at radius 2 is 1.88 bits per heavy atom. The summed E-state index contributed by atoms with van der Waals surface area (Å²) in [6, 6.07) is 1.20. The van der Waals surface area contributed by atoms with E-state index in [0.717, 1.165) is 31.5 Å². The van der Waals surface area contributed by atoms with Crippen LogP contribution >= 0.6 is 0 Å². The molecule has 0 bridgehead atoms.